The van der Waals surface area contributed by atoms with Gasteiger partial charge in [-0.3, -0.25) is 9.67 Å². The molecule has 1 unspecified atom stereocenters. The molecule has 0 saturated heterocycles. The summed E-state index contributed by atoms with van der Waals surface area (Å²) >= 11 is 6.01. The zero-order valence-electron chi connectivity index (χ0n) is 13.2. The highest BCUT2D eigenvalue weighted by atomic mass is 35.5. The molecule has 0 saturated carbocycles. The fourth-order valence-corrected chi connectivity index (χ4v) is 2.68. The Kier molecular flexibility index (Phi) is 4.74. The zero-order chi connectivity index (χ0) is 16.2. The molecule has 3 rings (SSSR count). The van der Waals surface area contributed by atoms with Gasteiger partial charge in [-0.05, 0) is 42.3 Å². The van der Waals surface area contributed by atoms with Crippen LogP contribution in [0.1, 0.15) is 28.6 Å². The lowest BCUT2D eigenvalue weighted by atomic mass is 10.0. The van der Waals surface area contributed by atoms with Crippen molar-refractivity contribution in [1.29, 1.82) is 0 Å². The molecule has 0 aliphatic rings. The molecule has 1 aromatic carbocycles. The van der Waals surface area contributed by atoms with E-state index in [2.05, 4.69) is 21.5 Å². The minimum absolute atomic E-state index is 0.00747. The van der Waals surface area contributed by atoms with Crippen molar-refractivity contribution in [3.05, 3.63) is 82.4 Å². The van der Waals surface area contributed by atoms with Crippen LogP contribution in [-0.2, 0) is 13.6 Å². The molecule has 118 valence electrons. The first-order valence-corrected chi connectivity index (χ1v) is 7.90. The van der Waals surface area contributed by atoms with Crippen molar-refractivity contribution in [2.75, 3.05) is 0 Å². The fourth-order valence-electron chi connectivity index (χ4n) is 2.55. The van der Waals surface area contributed by atoms with Gasteiger partial charge in [0.25, 0.3) is 0 Å². The van der Waals surface area contributed by atoms with E-state index >= 15 is 0 Å². The Bertz CT molecular complexity index is 780. The van der Waals surface area contributed by atoms with Gasteiger partial charge in [-0.2, -0.15) is 5.10 Å². The number of benzene rings is 1. The number of pyridine rings is 1. The van der Waals surface area contributed by atoms with Gasteiger partial charge in [-0.15, -0.1) is 0 Å². The second kappa shape index (κ2) is 6.94. The minimum atomic E-state index is 0.00747. The predicted molar refractivity (Wildman–Crippen MR) is 92.3 cm³/mol. The molecule has 0 aliphatic heterocycles. The van der Waals surface area contributed by atoms with Crippen LogP contribution in [0.5, 0.6) is 0 Å². The third-order valence-electron chi connectivity index (χ3n) is 3.85. The number of nitrogens with one attached hydrogen (secondary N) is 1. The molecule has 1 N–H and O–H groups in total. The van der Waals surface area contributed by atoms with E-state index in [-0.39, 0.29) is 6.04 Å². The molecule has 0 radical (unpaired) electrons. The molecule has 2 heterocycles. The Balaban J connectivity index is 1.86. The monoisotopic (exact) mass is 326 g/mol. The van der Waals surface area contributed by atoms with Gasteiger partial charge in [0.15, 0.2) is 0 Å². The molecule has 5 heteroatoms. The molecule has 2 aromatic heterocycles. The fraction of sp³-hybridized carbons (Fsp3) is 0.222. The van der Waals surface area contributed by atoms with E-state index in [1.165, 1.54) is 5.56 Å². The van der Waals surface area contributed by atoms with Crippen molar-refractivity contribution in [1.82, 2.24) is 20.1 Å². The quantitative estimate of drug-likeness (QED) is 0.778. The van der Waals surface area contributed by atoms with Crippen molar-refractivity contribution in [3.8, 4) is 0 Å². The third kappa shape index (κ3) is 3.78. The van der Waals surface area contributed by atoms with Crippen LogP contribution >= 0.6 is 11.6 Å². The van der Waals surface area contributed by atoms with Crippen LogP contribution in [0.3, 0.4) is 0 Å². The smallest absolute Gasteiger partial charge is 0.0839 e. The Morgan fingerprint density at radius 1 is 1.17 bits per heavy atom. The molecule has 23 heavy (non-hydrogen) atoms. The largest absolute Gasteiger partial charge is 0.301 e. The number of rotatable bonds is 5. The number of hydrogen-bond acceptors (Lipinski definition) is 3. The lowest BCUT2D eigenvalue weighted by Gasteiger charge is -2.18. The summed E-state index contributed by atoms with van der Waals surface area (Å²) in [5.41, 5.74) is 4.34. The standard InChI is InChI=1S/C18H19ClN4/c1-13-15(4-3-10-20-13)12-21-18(17-9-11-23(2)22-17)14-5-7-16(19)8-6-14/h3-11,18,21H,12H2,1-2H3. The Labute approximate surface area is 141 Å². The van der Waals surface area contributed by atoms with Gasteiger partial charge in [0.1, 0.15) is 0 Å². The number of nitrogens with zero attached hydrogens (tertiary/aromatic N) is 3. The summed E-state index contributed by atoms with van der Waals surface area (Å²) in [5.74, 6) is 0. The van der Waals surface area contributed by atoms with E-state index in [9.17, 15) is 0 Å². The highest BCUT2D eigenvalue weighted by Gasteiger charge is 2.16. The van der Waals surface area contributed by atoms with Crippen LogP contribution in [0.4, 0.5) is 0 Å². The van der Waals surface area contributed by atoms with E-state index in [0.29, 0.717) is 0 Å². The first-order valence-electron chi connectivity index (χ1n) is 7.52. The Morgan fingerprint density at radius 3 is 2.61 bits per heavy atom. The average Bonchev–Trinajstić information content (AvgIpc) is 2.97. The van der Waals surface area contributed by atoms with E-state index in [0.717, 1.165) is 28.5 Å². The molecule has 4 nitrogen and oxygen atoms in total. The van der Waals surface area contributed by atoms with Gasteiger partial charge in [0.05, 0.1) is 11.7 Å². The van der Waals surface area contributed by atoms with Gasteiger partial charge in [0, 0.05) is 36.7 Å². The highest BCUT2D eigenvalue weighted by Crippen LogP contribution is 2.23. The van der Waals surface area contributed by atoms with Crippen molar-refractivity contribution >= 4 is 11.6 Å². The number of hydrogen-bond donors (Lipinski definition) is 1. The number of halogens is 1. The van der Waals surface area contributed by atoms with Gasteiger partial charge in [0.2, 0.25) is 0 Å². The lowest BCUT2D eigenvalue weighted by molar-refractivity contribution is 0.577. The van der Waals surface area contributed by atoms with E-state index in [4.69, 9.17) is 11.6 Å². The second-order valence-electron chi connectivity index (χ2n) is 5.53. The Hall–Kier alpha value is -2.17. The minimum Gasteiger partial charge on any atom is -0.301 e. The van der Waals surface area contributed by atoms with Crippen molar-refractivity contribution in [3.63, 3.8) is 0 Å². The van der Waals surface area contributed by atoms with Gasteiger partial charge in [-0.25, -0.2) is 0 Å². The normalized spacial score (nSPS) is 12.3. The van der Waals surface area contributed by atoms with Crippen LogP contribution in [-0.4, -0.2) is 14.8 Å². The first kappa shape index (κ1) is 15.7. The summed E-state index contributed by atoms with van der Waals surface area (Å²) in [6, 6.07) is 14.0. The average molecular weight is 327 g/mol. The molecular weight excluding hydrogens is 308 g/mol. The van der Waals surface area contributed by atoms with Gasteiger partial charge in [-0.1, -0.05) is 29.8 Å². The summed E-state index contributed by atoms with van der Waals surface area (Å²) in [6.07, 6.45) is 3.77. The molecule has 0 bridgehead atoms. The molecule has 0 fully saturated rings. The molecular formula is C18H19ClN4. The van der Waals surface area contributed by atoms with Crippen LogP contribution in [0.2, 0.25) is 5.02 Å². The van der Waals surface area contributed by atoms with E-state index in [1.807, 2.05) is 67.4 Å². The van der Waals surface area contributed by atoms with Crippen LogP contribution < -0.4 is 5.32 Å². The molecule has 0 aliphatic carbocycles. The number of aryl methyl sites for hydroxylation is 2. The summed E-state index contributed by atoms with van der Waals surface area (Å²) in [7, 11) is 1.92. The van der Waals surface area contributed by atoms with Crippen molar-refractivity contribution in [2.45, 2.75) is 19.5 Å². The van der Waals surface area contributed by atoms with Crippen molar-refractivity contribution < 1.29 is 0 Å². The predicted octanol–water partition coefficient (Wildman–Crippen LogP) is 3.66. The molecule has 3 aromatic rings. The maximum atomic E-state index is 6.01. The Morgan fingerprint density at radius 2 is 1.96 bits per heavy atom. The molecule has 0 spiro atoms. The lowest BCUT2D eigenvalue weighted by Crippen LogP contribution is -2.23. The number of aromatic nitrogens is 3. The SMILES string of the molecule is Cc1ncccc1CNC(c1ccc(Cl)cc1)c1ccn(C)n1. The summed E-state index contributed by atoms with van der Waals surface area (Å²) in [5, 5.41) is 8.87. The maximum absolute atomic E-state index is 6.01. The highest BCUT2D eigenvalue weighted by molar-refractivity contribution is 6.30. The second-order valence-corrected chi connectivity index (χ2v) is 5.96. The van der Waals surface area contributed by atoms with E-state index in [1.54, 1.807) is 0 Å². The summed E-state index contributed by atoms with van der Waals surface area (Å²) in [6.45, 7) is 2.75. The van der Waals surface area contributed by atoms with Crippen molar-refractivity contribution in [2.24, 2.45) is 7.05 Å². The van der Waals surface area contributed by atoms with E-state index < -0.39 is 0 Å². The van der Waals surface area contributed by atoms with Crippen LogP contribution in [0.25, 0.3) is 0 Å². The van der Waals surface area contributed by atoms with Crippen LogP contribution in [0.15, 0.2) is 54.9 Å². The summed E-state index contributed by atoms with van der Waals surface area (Å²) < 4.78 is 1.81. The van der Waals surface area contributed by atoms with Gasteiger partial charge < -0.3 is 5.32 Å². The molecule has 1 atom stereocenters. The third-order valence-corrected chi connectivity index (χ3v) is 4.10. The maximum Gasteiger partial charge on any atom is 0.0839 e. The summed E-state index contributed by atoms with van der Waals surface area (Å²) in [4.78, 5) is 4.34. The topological polar surface area (TPSA) is 42.7 Å². The van der Waals surface area contributed by atoms with Gasteiger partial charge >= 0.3 is 0 Å². The first-order chi connectivity index (χ1) is 11.1. The van der Waals surface area contributed by atoms with Crippen LogP contribution in [0, 0.1) is 6.92 Å². The molecule has 0 amide bonds. The zero-order valence-corrected chi connectivity index (χ0v) is 14.0.